The molecule has 2 aromatic rings. The normalized spacial score (nSPS) is 31.4. The Balaban J connectivity index is 1.97. The monoisotopic (exact) mass is 391 g/mol. The molecule has 1 saturated heterocycles. The highest BCUT2D eigenvalue weighted by Gasteiger charge is 2.56. The van der Waals surface area contributed by atoms with E-state index < -0.39 is 36.3 Å². The molecule has 0 saturated carbocycles. The lowest BCUT2D eigenvalue weighted by atomic mass is 9.86. The van der Waals surface area contributed by atoms with Crippen LogP contribution in [0.5, 0.6) is 5.75 Å². The molecule has 1 fully saturated rings. The molecule has 0 bridgehead atoms. The Labute approximate surface area is 162 Å². The Hall–Kier alpha value is -2.07. The Kier molecular flexibility index (Phi) is 5.99. The summed E-state index contributed by atoms with van der Waals surface area (Å²) < 4.78 is 10.6. The minimum absolute atomic E-state index is 0.00918. The fourth-order valence-corrected chi connectivity index (χ4v) is 3.41. The second-order valence-corrected chi connectivity index (χ2v) is 6.98. The van der Waals surface area contributed by atoms with Gasteiger partial charge in [0.25, 0.3) is 0 Å². The van der Waals surface area contributed by atoms with Crippen molar-refractivity contribution in [2.24, 2.45) is 0 Å². The summed E-state index contributed by atoms with van der Waals surface area (Å²) in [6.07, 6.45) is -5.86. The van der Waals surface area contributed by atoms with Gasteiger partial charge in [-0.05, 0) is 42.7 Å². The van der Waals surface area contributed by atoms with Gasteiger partial charge in [0.05, 0.1) is 13.2 Å². The summed E-state index contributed by atoms with van der Waals surface area (Å²) >= 11 is 0. The number of rotatable bonds is 5. The van der Waals surface area contributed by atoms with Crippen molar-refractivity contribution in [2.45, 2.75) is 49.7 Å². The average molecular weight is 391 g/mol. The lowest BCUT2D eigenvalue weighted by Gasteiger charge is -2.46. The van der Waals surface area contributed by atoms with Crippen molar-refractivity contribution < 1.29 is 35.0 Å². The van der Waals surface area contributed by atoms with Crippen LogP contribution in [0.4, 0.5) is 0 Å². The van der Waals surface area contributed by atoms with E-state index in [1.807, 2.05) is 12.1 Å². The third-order valence-electron chi connectivity index (χ3n) is 4.99. The first-order valence-electron chi connectivity index (χ1n) is 8.97. The van der Waals surface area contributed by atoms with Crippen molar-refractivity contribution in [1.29, 1.82) is 0 Å². The van der Waals surface area contributed by atoms with Gasteiger partial charge in [-0.1, -0.05) is 18.2 Å². The summed E-state index contributed by atoms with van der Waals surface area (Å²) in [5.74, 6) is -1.69. The molecule has 0 radical (unpaired) electrons. The molecule has 5 N–H and O–H groups in total. The molecule has 2 heterocycles. The van der Waals surface area contributed by atoms with Crippen molar-refractivity contribution >= 4 is 0 Å². The van der Waals surface area contributed by atoms with E-state index in [4.69, 9.17) is 9.47 Å². The number of benzene rings is 1. The van der Waals surface area contributed by atoms with Crippen LogP contribution in [-0.4, -0.2) is 68.1 Å². The van der Waals surface area contributed by atoms with Gasteiger partial charge in [-0.25, -0.2) is 0 Å². The van der Waals surface area contributed by atoms with E-state index in [0.29, 0.717) is 17.7 Å². The number of hydrogen-bond acceptors (Lipinski definition) is 8. The summed E-state index contributed by atoms with van der Waals surface area (Å²) in [4.78, 5) is 4.17. The van der Waals surface area contributed by atoms with Crippen LogP contribution in [0.25, 0.3) is 0 Å². The first-order chi connectivity index (χ1) is 13.3. The minimum atomic E-state index is -2.40. The van der Waals surface area contributed by atoms with Crippen LogP contribution in [-0.2, 0) is 16.9 Å². The van der Waals surface area contributed by atoms with Gasteiger partial charge in [0.15, 0.2) is 0 Å². The number of aliphatic hydroxyl groups is 5. The lowest BCUT2D eigenvalue weighted by molar-refractivity contribution is -0.365. The molecule has 1 aliphatic heterocycles. The third-order valence-corrected chi connectivity index (χ3v) is 4.99. The molecule has 152 valence electrons. The summed E-state index contributed by atoms with van der Waals surface area (Å²) in [6, 6.07) is 10.7. The van der Waals surface area contributed by atoms with Gasteiger partial charge in [-0.15, -0.1) is 0 Å². The highest BCUT2D eigenvalue weighted by molar-refractivity contribution is 5.35. The highest BCUT2D eigenvalue weighted by Crippen LogP contribution is 2.38. The molecule has 0 spiro atoms. The molecule has 1 aromatic carbocycles. The molecule has 0 unspecified atom stereocenters. The fraction of sp³-hybridized carbons (Fsp3) is 0.450. The number of ether oxygens (including phenoxy) is 2. The lowest BCUT2D eigenvalue weighted by Crippen LogP contribution is -2.65. The first kappa shape index (κ1) is 20.7. The largest absolute Gasteiger partial charge is 0.497 e. The van der Waals surface area contributed by atoms with Crippen LogP contribution >= 0.6 is 0 Å². The summed E-state index contributed by atoms with van der Waals surface area (Å²) in [6.45, 7) is 1.36. The maximum atomic E-state index is 11.1. The van der Waals surface area contributed by atoms with Gasteiger partial charge in [0, 0.05) is 6.20 Å². The molecule has 6 atom stereocenters. The quantitative estimate of drug-likeness (QED) is 0.469. The van der Waals surface area contributed by atoms with Crippen molar-refractivity contribution in [3.05, 3.63) is 59.4 Å². The van der Waals surface area contributed by atoms with Gasteiger partial charge < -0.3 is 35.0 Å². The molecule has 0 aliphatic carbocycles. The van der Waals surface area contributed by atoms with Crippen LogP contribution in [0, 0.1) is 0 Å². The maximum Gasteiger partial charge on any atom is 0.240 e. The van der Waals surface area contributed by atoms with E-state index in [-0.39, 0.29) is 5.69 Å². The predicted octanol–water partition coefficient (Wildman–Crippen LogP) is -0.312. The smallest absolute Gasteiger partial charge is 0.240 e. The van der Waals surface area contributed by atoms with Crippen LogP contribution in [0.2, 0.25) is 0 Å². The van der Waals surface area contributed by atoms with Crippen LogP contribution in [0.3, 0.4) is 0 Å². The molecule has 8 heteroatoms. The molecule has 28 heavy (non-hydrogen) atoms. The van der Waals surface area contributed by atoms with E-state index in [9.17, 15) is 25.5 Å². The van der Waals surface area contributed by atoms with Gasteiger partial charge in [-0.2, -0.15) is 0 Å². The van der Waals surface area contributed by atoms with E-state index >= 15 is 0 Å². The maximum absolute atomic E-state index is 11.1. The number of methoxy groups -OCH3 is 1. The summed E-state index contributed by atoms with van der Waals surface area (Å²) in [5.41, 5.74) is 1.47. The highest BCUT2D eigenvalue weighted by atomic mass is 16.7. The van der Waals surface area contributed by atoms with Crippen molar-refractivity contribution in [3.63, 3.8) is 0 Å². The molecule has 1 aromatic heterocycles. The molecule has 3 rings (SSSR count). The molecular weight excluding hydrogens is 366 g/mol. The standard InChI is InChI=1S/C20H25NO7/c1-11(22)17-15(23)16(24)19(25)20(26,28-17)18-13(4-3-9-21-18)10-12-5-7-14(27-2)8-6-12/h3-9,11,15-17,19,22-26H,10H2,1-2H3/t11-,15-,16-,17+,19+,20+/m0/s1. The van der Waals surface area contributed by atoms with Gasteiger partial charge in [0.1, 0.15) is 35.9 Å². The second kappa shape index (κ2) is 8.12. The minimum Gasteiger partial charge on any atom is -0.497 e. The molecule has 1 aliphatic rings. The van der Waals surface area contributed by atoms with Crippen LogP contribution in [0.15, 0.2) is 42.6 Å². The zero-order valence-electron chi connectivity index (χ0n) is 15.6. The fourth-order valence-electron chi connectivity index (χ4n) is 3.41. The van der Waals surface area contributed by atoms with Crippen molar-refractivity contribution in [1.82, 2.24) is 4.98 Å². The number of hydrogen-bond donors (Lipinski definition) is 5. The zero-order valence-corrected chi connectivity index (χ0v) is 15.6. The third kappa shape index (κ3) is 3.75. The van der Waals surface area contributed by atoms with Crippen LogP contribution in [0.1, 0.15) is 23.7 Å². The van der Waals surface area contributed by atoms with Crippen LogP contribution < -0.4 is 4.74 Å². The second-order valence-electron chi connectivity index (χ2n) is 6.98. The SMILES string of the molecule is COc1ccc(Cc2cccnc2[C@@]2(O)O[C@H]([C@H](C)O)[C@@H](O)[C@H](O)[C@H]2O)cc1. The molecule has 8 nitrogen and oxygen atoms in total. The Morgan fingerprint density at radius 2 is 1.82 bits per heavy atom. The summed E-state index contributed by atoms with van der Waals surface area (Å²) in [7, 11) is 1.57. The van der Waals surface area contributed by atoms with E-state index in [0.717, 1.165) is 5.56 Å². The Morgan fingerprint density at radius 1 is 1.14 bits per heavy atom. The van der Waals surface area contributed by atoms with E-state index in [2.05, 4.69) is 4.98 Å². The predicted molar refractivity (Wildman–Crippen MR) is 98.5 cm³/mol. The topological polar surface area (TPSA) is 132 Å². The van der Waals surface area contributed by atoms with Gasteiger partial charge in [0.2, 0.25) is 5.79 Å². The number of pyridine rings is 1. The molecular formula is C20H25NO7. The van der Waals surface area contributed by atoms with Gasteiger partial charge >= 0.3 is 0 Å². The van der Waals surface area contributed by atoms with E-state index in [1.54, 1.807) is 31.4 Å². The average Bonchev–Trinajstić information content (AvgIpc) is 2.70. The molecule has 0 amide bonds. The Bertz CT molecular complexity index is 797. The number of nitrogens with zero attached hydrogens (tertiary/aromatic N) is 1. The first-order valence-corrected chi connectivity index (χ1v) is 8.97. The van der Waals surface area contributed by atoms with E-state index in [1.165, 1.54) is 13.1 Å². The summed E-state index contributed by atoms with van der Waals surface area (Å²) in [5, 5.41) is 51.7. The number of aromatic nitrogens is 1. The number of aliphatic hydroxyl groups excluding tert-OH is 4. The Morgan fingerprint density at radius 3 is 2.43 bits per heavy atom. The van der Waals surface area contributed by atoms with Crippen molar-refractivity contribution in [2.75, 3.05) is 7.11 Å². The van der Waals surface area contributed by atoms with Crippen molar-refractivity contribution in [3.8, 4) is 5.75 Å². The van der Waals surface area contributed by atoms with Gasteiger partial charge in [-0.3, -0.25) is 4.98 Å². The zero-order chi connectivity index (χ0) is 20.5.